The average Bonchev–Trinajstić information content (AvgIpc) is 3.15. The third kappa shape index (κ3) is 5.04. The Kier molecular flexibility index (Phi) is 7.29. The molecule has 1 atom stereocenters. The number of methoxy groups -OCH3 is 2. The van der Waals surface area contributed by atoms with E-state index in [1.807, 2.05) is 18.2 Å². The standard InChI is InChI=1S/C24H29N3O4S2/c1-14-4-6-16-19(12-14)33-22-21(16)23(29)27(24(26-22)32-11-9-20(25)28)10-8-15-5-7-17(30-2)18(13-15)31-3/h5,7,13-14H,4,6,8-12H2,1-3H3,(H2,25,28)/t14-/m0/s1. The third-order valence-corrected chi connectivity index (χ3v) is 8.16. The Morgan fingerprint density at radius 3 is 2.82 bits per heavy atom. The number of aryl methyl sites for hydroxylation is 2. The number of amides is 1. The van der Waals surface area contributed by atoms with Gasteiger partial charge in [-0.2, -0.15) is 0 Å². The molecule has 33 heavy (non-hydrogen) atoms. The molecule has 3 aromatic rings. The van der Waals surface area contributed by atoms with Gasteiger partial charge < -0.3 is 15.2 Å². The van der Waals surface area contributed by atoms with Gasteiger partial charge in [0.1, 0.15) is 4.83 Å². The molecule has 0 fully saturated rings. The predicted molar refractivity (Wildman–Crippen MR) is 133 cm³/mol. The van der Waals surface area contributed by atoms with Gasteiger partial charge in [0.25, 0.3) is 5.56 Å². The number of fused-ring (bicyclic) bond motifs is 3. The SMILES string of the molecule is COc1ccc(CCn2c(SCCC(N)=O)nc3sc4c(c3c2=O)CC[C@H](C)C4)cc1OC. The first-order valence-electron chi connectivity index (χ1n) is 11.1. The van der Waals surface area contributed by atoms with Crippen molar-refractivity contribution in [2.75, 3.05) is 20.0 Å². The molecule has 0 spiro atoms. The van der Waals surface area contributed by atoms with Crippen LogP contribution in [0, 0.1) is 5.92 Å². The van der Waals surface area contributed by atoms with E-state index in [-0.39, 0.29) is 17.9 Å². The van der Waals surface area contributed by atoms with Crippen molar-refractivity contribution in [3.8, 4) is 11.5 Å². The van der Waals surface area contributed by atoms with Crippen LogP contribution in [-0.4, -0.2) is 35.4 Å². The van der Waals surface area contributed by atoms with Crippen LogP contribution in [-0.2, 0) is 30.6 Å². The van der Waals surface area contributed by atoms with Crippen molar-refractivity contribution in [2.24, 2.45) is 11.7 Å². The number of carbonyl (C=O) groups is 1. The van der Waals surface area contributed by atoms with Gasteiger partial charge in [0.15, 0.2) is 16.7 Å². The summed E-state index contributed by atoms with van der Waals surface area (Å²) in [6, 6.07) is 5.78. The number of carbonyl (C=O) groups excluding carboxylic acids is 1. The molecule has 0 aliphatic heterocycles. The third-order valence-electron chi connectivity index (χ3n) is 6.03. The Morgan fingerprint density at radius 2 is 2.09 bits per heavy atom. The summed E-state index contributed by atoms with van der Waals surface area (Å²) in [6.07, 6.45) is 3.91. The van der Waals surface area contributed by atoms with Crippen molar-refractivity contribution >= 4 is 39.2 Å². The minimum absolute atomic E-state index is 0.00843. The number of thiophene rings is 1. The van der Waals surface area contributed by atoms with E-state index >= 15 is 0 Å². The number of nitrogens with two attached hydrogens (primary N) is 1. The number of hydrogen-bond donors (Lipinski definition) is 1. The van der Waals surface area contributed by atoms with Crippen LogP contribution in [0.15, 0.2) is 28.2 Å². The fourth-order valence-corrected chi connectivity index (χ4v) is 6.63. The van der Waals surface area contributed by atoms with Crippen molar-refractivity contribution in [1.29, 1.82) is 0 Å². The molecule has 0 unspecified atom stereocenters. The lowest BCUT2D eigenvalue weighted by molar-refractivity contribution is -0.117. The molecule has 0 bridgehead atoms. The zero-order valence-corrected chi connectivity index (χ0v) is 20.8. The molecule has 1 amide bonds. The molecule has 9 heteroatoms. The fourth-order valence-electron chi connectivity index (χ4n) is 4.23. The number of benzene rings is 1. The Hall–Kier alpha value is -2.52. The average molecular weight is 488 g/mol. The van der Waals surface area contributed by atoms with Crippen LogP contribution in [0.1, 0.15) is 35.8 Å². The Bertz CT molecular complexity index is 1230. The Labute approximate surface area is 201 Å². The van der Waals surface area contributed by atoms with E-state index in [1.54, 1.807) is 30.1 Å². The van der Waals surface area contributed by atoms with Crippen molar-refractivity contribution in [2.45, 2.75) is 50.7 Å². The van der Waals surface area contributed by atoms with Gasteiger partial charge in [-0.3, -0.25) is 14.2 Å². The van der Waals surface area contributed by atoms with E-state index in [9.17, 15) is 9.59 Å². The second kappa shape index (κ2) is 10.2. The maximum absolute atomic E-state index is 13.7. The van der Waals surface area contributed by atoms with E-state index in [1.165, 1.54) is 22.2 Å². The molecule has 1 aliphatic rings. The van der Waals surface area contributed by atoms with Crippen LogP contribution in [0.3, 0.4) is 0 Å². The molecular formula is C24H29N3O4S2. The van der Waals surface area contributed by atoms with Crippen molar-refractivity contribution in [1.82, 2.24) is 9.55 Å². The first kappa shape index (κ1) is 23.6. The number of hydrogen-bond acceptors (Lipinski definition) is 7. The lowest BCUT2D eigenvalue weighted by Gasteiger charge is -2.18. The topological polar surface area (TPSA) is 96.4 Å². The van der Waals surface area contributed by atoms with Crippen LogP contribution in [0.5, 0.6) is 11.5 Å². The van der Waals surface area contributed by atoms with E-state index in [0.29, 0.717) is 41.3 Å². The highest BCUT2D eigenvalue weighted by Gasteiger charge is 2.24. The molecular weight excluding hydrogens is 458 g/mol. The molecule has 176 valence electrons. The summed E-state index contributed by atoms with van der Waals surface area (Å²) in [7, 11) is 3.22. The number of primary amides is 1. The first-order valence-corrected chi connectivity index (χ1v) is 12.9. The number of aromatic nitrogens is 2. The van der Waals surface area contributed by atoms with Crippen LogP contribution in [0.25, 0.3) is 10.2 Å². The van der Waals surface area contributed by atoms with Crippen molar-refractivity contribution in [3.63, 3.8) is 0 Å². The largest absolute Gasteiger partial charge is 0.493 e. The minimum Gasteiger partial charge on any atom is -0.493 e. The highest BCUT2D eigenvalue weighted by molar-refractivity contribution is 7.99. The molecule has 0 saturated carbocycles. The van der Waals surface area contributed by atoms with Gasteiger partial charge in [0.2, 0.25) is 5.91 Å². The van der Waals surface area contributed by atoms with Crippen LogP contribution >= 0.6 is 23.1 Å². The Balaban J connectivity index is 1.70. The smallest absolute Gasteiger partial charge is 0.263 e. The summed E-state index contributed by atoms with van der Waals surface area (Å²) < 4.78 is 12.5. The maximum atomic E-state index is 13.7. The zero-order valence-electron chi connectivity index (χ0n) is 19.2. The highest BCUT2D eigenvalue weighted by Crippen LogP contribution is 2.36. The minimum atomic E-state index is -0.358. The summed E-state index contributed by atoms with van der Waals surface area (Å²) in [5.74, 6) is 2.09. The molecule has 1 aliphatic carbocycles. The fraction of sp³-hybridized carbons (Fsp3) is 0.458. The molecule has 0 saturated heterocycles. The quantitative estimate of drug-likeness (QED) is 0.364. The lowest BCUT2D eigenvalue weighted by Crippen LogP contribution is -2.25. The van der Waals surface area contributed by atoms with Crippen LogP contribution < -0.4 is 20.8 Å². The summed E-state index contributed by atoms with van der Waals surface area (Å²) in [6.45, 7) is 2.74. The number of nitrogens with zero attached hydrogens (tertiary/aromatic N) is 2. The molecule has 0 radical (unpaired) electrons. The number of rotatable bonds is 9. The molecule has 2 aromatic heterocycles. The van der Waals surface area contributed by atoms with Crippen molar-refractivity contribution < 1.29 is 14.3 Å². The summed E-state index contributed by atoms with van der Waals surface area (Å²) in [5, 5.41) is 1.41. The van der Waals surface area contributed by atoms with Crippen LogP contribution in [0.2, 0.25) is 0 Å². The normalized spacial score (nSPS) is 15.4. The second-order valence-corrected chi connectivity index (χ2v) is 10.5. The summed E-state index contributed by atoms with van der Waals surface area (Å²) in [4.78, 5) is 31.9. The highest BCUT2D eigenvalue weighted by atomic mass is 32.2. The summed E-state index contributed by atoms with van der Waals surface area (Å²) in [5.41, 5.74) is 7.54. The van der Waals surface area contributed by atoms with Crippen LogP contribution in [0.4, 0.5) is 0 Å². The predicted octanol–water partition coefficient (Wildman–Crippen LogP) is 3.81. The van der Waals surface area contributed by atoms with Gasteiger partial charge in [-0.15, -0.1) is 11.3 Å². The molecule has 2 heterocycles. The van der Waals surface area contributed by atoms with Gasteiger partial charge in [-0.25, -0.2) is 4.98 Å². The number of thioether (sulfide) groups is 1. The maximum Gasteiger partial charge on any atom is 0.263 e. The molecule has 1 aromatic carbocycles. The summed E-state index contributed by atoms with van der Waals surface area (Å²) >= 11 is 3.06. The first-order chi connectivity index (χ1) is 15.9. The lowest BCUT2D eigenvalue weighted by atomic mass is 9.89. The van der Waals surface area contributed by atoms with Gasteiger partial charge in [-0.1, -0.05) is 24.8 Å². The van der Waals surface area contributed by atoms with Crippen molar-refractivity contribution in [3.05, 3.63) is 44.6 Å². The number of ether oxygens (including phenoxy) is 2. The van der Waals surface area contributed by atoms with E-state index in [2.05, 4.69) is 6.92 Å². The Morgan fingerprint density at radius 1 is 1.30 bits per heavy atom. The van der Waals surface area contributed by atoms with E-state index < -0.39 is 0 Å². The molecule has 2 N–H and O–H groups in total. The van der Waals surface area contributed by atoms with Gasteiger partial charge >= 0.3 is 0 Å². The van der Waals surface area contributed by atoms with Gasteiger partial charge in [0.05, 0.1) is 19.6 Å². The van der Waals surface area contributed by atoms with E-state index in [4.69, 9.17) is 20.2 Å². The zero-order chi connectivity index (χ0) is 23.5. The van der Waals surface area contributed by atoms with E-state index in [0.717, 1.165) is 35.0 Å². The second-order valence-electron chi connectivity index (χ2n) is 8.39. The molecule has 7 nitrogen and oxygen atoms in total. The molecule has 4 rings (SSSR count). The monoisotopic (exact) mass is 487 g/mol. The van der Waals surface area contributed by atoms with Gasteiger partial charge in [0, 0.05) is 23.6 Å². The van der Waals surface area contributed by atoms with Gasteiger partial charge in [-0.05, 0) is 54.9 Å².